The maximum atomic E-state index is 11.4. The van der Waals surface area contributed by atoms with Crippen molar-refractivity contribution in [2.45, 2.75) is 57.2 Å². The van der Waals surface area contributed by atoms with Gasteiger partial charge in [0.1, 0.15) is 5.60 Å². The average molecular weight is 310 g/mol. The molecule has 1 aromatic heterocycles. The third-order valence-corrected chi connectivity index (χ3v) is 4.25. The Balaban J connectivity index is 1.62. The Bertz CT molecular complexity index is 541. The zero-order chi connectivity index (χ0) is 15.9. The van der Waals surface area contributed by atoms with Gasteiger partial charge in [-0.2, -0.15) is 4.98 Å². The molecule has 1 aliphatic carbocycles. The van der Waals surface area contributed by atoms with E-state index in [-0.39, 0.29) is 17.9 Å². The number of nitrogens with zero attached hydrogens (tertiary/aromatic N) is 4. The molecule has 2 fully saturated rings. The Morgan fingerprint density at radius 2 is 1.86 bits per heavy atom. The summed E-state index contributed by atoms with van der Waals surface area (Å²) >= 11 is 0. The minimum Gasteiger partial charge on any atom is -0.465 e. The van der Waals surface area contributed by atoms with Gasteiger partial charge in [-0.25, -0.2) is 4.79 Å². The van der Waals surface area contributed by atoms with E-state index < -0.39 is 11.7 Å². The molecule has 3 rings (SSSR count). The van der Waals surface area contributed by atoms with Crippen LogP contribution in [-0.2, 0) is 5.60 Å². The van der Waals surface area contributed by atoms with E-state index in [1.807, 2.05) is 4.90 Å². The second-order valence-electron chi connectivity index (χ2n) is 6.60. The summed E-state index contributed by atoms with van der Waals surface area (Å²) in [5, 5.41) is 23.0. The first-order valence-electron chi connectivity index (χ1n) is 7.69. The maximum Gasteiger partial charge on any atom is 0.407 e. The highest BCUT2D eigenvalue weighted by atomic mass is 16.5. The van der Waals surface area contributed by atoms with Gasteiger partial charge >= 0.3 is 12.1 Å². The summed E-state index contributed by atoms with van der Waals surface area (Å²) in [6, 6.07) is 0.668. The number of aromatic nitrogens is 2. The SMILES string of the molecule is CC(C)(O)c1noc(N2CCC(N(C(=O)O)C3CC3)CC2)n1. The molecular formula is C14H22N4O4. The fourth-order valence-electron chi connectivity index (χ4n) is 2.89. The molecule has 1 aromatic rings. The summed E-state index contributed by atoms with van der Waals surface area (Å²) < 4.78 is 5.21. The van der Waals surface area contributed by atoms with Gasteiger partial charge in [-0.15, -0.1) is 0 Å². The Hall–Kier alpha value is -1.83. The molecule has 0 spiro atoms. The molecule has 0 aromatic carbocycles. The van der Waals surface area contributed by atoms with Crippen LogP contribution < -0.4 is 4.90 Å². The zero-order valence-electron chi connectivity index (χ0n) is 12.9. The molecule has 0 atom stereocenters. The molecule has 122 valence electrons. The molecule has 0 bridgehead atoms. The van der Waals surface area contributed by atoms with Crippen molar-refractivity contribution >= 4 is 12.1 Å². The molecule has 1 amide bonds. The van der Waals surface area contributed by atoms with Crippen LogP contribution in [0, 0.1) is 0 Å². The fourth-order valence-corrected chi connectivity index (χ4v) is 2.89. The van der Waals surface area contributed by atoms with Crippen molar-refractivity contribution in [1.82, 2.24) is 15.0 Å². The number of aliphatic hydroxyl groups is 1. The van der Waals surface area contributed by atoms with Crippen LogP contribution >= 0.6 is 0 Å². The van der Waals surface area contributed by atoms with E-state index in [9.17, 15) is 15.0 Å². The molecule has 0 radical (unpaired) electrons. The fraction of sp³-hybridized carbons (Fsp3) is 0.786. The first kappa shape index (κ1) is 15.1. The van der Waals surface area contributed by atoms with Crippen molar-refractivity contribution < 1.29 is 19.5 Å². The molecule has 1 aliphatic heterocycles. The van der Waals surface area contributed by atoms with E-state index in [0.29, 0.717) is 19.1 Å². The average Bonchev–Trinajstić information content (AvgIpc) is 3.13. The lowest BCUT2D eigenvalue weighted by molar-refractivity contribution is 0.0661. The van der Waals surface area contributed by atoms with E-state index in [1.165, 1.54) is 0 Å². The first-order valence-corrected chi connectivity index (χ1v) is 7.69. The quantitative estimate of drug-likeness (QED) is 0.866. The van der Waals surface area contributed by atoms with Crippen LogP contribution in [0.2, 0.25) is 0 Å². The lowest BCUT2D eigenvalue weighted by Crippen LogP contribution is -2.48. The predicted octanol–water partition coefficient (Wildman–Crippen LogP) is 1.41. The largest absolute Gasteiger partial charge is 0.465 e. The van der Waals surface area contributed by atoms with Crippen LogP contribution in [0.5, 0.6) is 0 Å². The van der Waals surface area contributed by atoms with Crippen LogP contribution in [-0.4, -0.2) is 56.5 Å². The van der Waals surface area contributed by atoms with E-state index in [4.69, 9.17) is 4.52 Å². The monoisotopic (exact) mass is 310 g/mol. The van der Waals surface area contributed by atoms with Crippen molar-refractivity contribution in [3.63, 3.8) is 0 Å². The molecule has 22 heavy (non-hydrogen) atoms. The standard InChI is InChI=1S/C14H22N4O4/c1-14(2,21)11-15-12(22-16-11)17-7-5-10(6-8-17)18(13(19)20)9-3-4-9/h9-10,21H,3-8H2,1-2H3,(H,19,20). The topological polar surface area (TPSA) is 103 Å². The van der Waals surface area contributed by atoms with Gasteiger partial charge < -0.3 is 24.5 Å². The highest BCUT2D eigenvalue weighted by Crippen LogP contribution is 2.32. The third kappa shape index (κ3) is 3.01. The predicted molar refractivity (Wildman–Crippen MR) is 77.7 cm³/mol. The highest BCUT2D eigenvalue weighted by molar-refractivity contribution is 5.66. The number of carbonyl (C=O) groups is 1. The molecular weight excluding hydrogens is 288 g/mol. The van der Waals surface area contributed by atoms with Gasteiger partial charge in [0.05, 0.1) is 0 Å². The zero-order valence-corrected chi connectivity index (χ0v) is 12.9. The van der Waals surface area contributed by atoms with Crippen LogP contribution in [0.3, 0.4) is 0 Å². The van der Waals surface area contributed by atoms with Crippen molar-refractivity contribution in [2.24, 2.45) is 0 Å². The lowest BCUT2D eigenvalue weighted by Gasteiger charge is -2.36. The Labute approximate surface area is 128 Å². The molecule has 2 heterocycles. The summed E-state index contributed by atoms with van der Waals surface area (Å²) in [7, 11) is 0. The number of rotatable bonds is 4. The van der Waals surface area contributed by atoms with E-state index in [2.05, 4.69) is 10.1 Å². The van der Waals surface area contributed by atoms with E-state index in [1.54, 1.807) is 18.7 Å². The van der Waals surface area contributed by atoms with Crippen LogP contribution in [0.25, 0.3) is 0 Å². The number of amides is 1. The smallest absolute Gasteiger partial charge is 0.407 e. The van der Waals surface area contributed by atoms with Gasteiger partial charge in [0.2, 0.25) is 5.82 Å². The van der Waals surface area contributed by atoms with Crippen LogP contribution in [0.15, 0.2) is 4.52 Å². The van der Waals surface area contributed by atoms with Crippen LogP contribution in [0.1, 0.15) is 45.4 Å². The Morgan fingerprint density at radius 1 is 1.27 bits per heavy atom. The minimum absolute atomic E-state index is 0.0675. The summed E-state index contributed by atoms with van der Waals surface area (Å²) in [6.45, 7) is 4.56. The summed E-state index contributed by atoms with van der Waals surface area (Å²) in [5.41, 5.74) is -1.13. The van der Waals surface area contributed by atoms with Gasteiger partial charge in [0.25, 0.3) is 0 Å². The summed E-state index contributed by atoms with van der Waals surface area (Å²) in [6.07, 6.45) is 2.64. The first-order chi connectivity index (χ1) is 10.4. The molecule has 8 nitrogen and oxygen atoms in total. The number of carboxylic acid groups (broad SMARTS) is 1. The molecule has 0 unspecified atom stereocenters. The minimum atomic E-state index is -1.13. The second-order valence-corrected chi connectivity index (χ2v) is 6.60. The van der Waals surface area contributed by atoms with Crippen LogP contribution in [0.4, 0.5) is 10.8 Å². The van der Waals surface area contributed by atoms with Crippen molar-refractivity contribution in [3.05, 3.63) is 5.82 Å². The highest BCUT2D eigenvalue weighted by Gasteiger charge is 2.39. The number of piperidine rings is 1. The van der Waals surface area contributed by atoms with E-state index >= 15 is 0 Å². The normalized spacial score (nSPS) is 20.2. The Morgan fingerprint density at radius 3 is 2.32 bits per heavy atom. The van der Waals surface area contributed by atoms with Crippen molar-refractivity contribution in [3.8, 4) is 0 Å². The van der Waals surface area contributed by atoms with Gasteiger partial charge in [0.15, 0.2) is 0 Å². The molecule has 1 saturated heterocycles. The second kappa shape index (κ2) is 5.42. The number of hydrogen-bond donors (Lipinski definition) is 2. The van der Waals surface area contributed by atoms with E-state index in [0.717, 1.165) is 25.7 Å². The molecule has 2 aliphatic rings. The number of anilines is 1. The molecule has 8 heteroatoms. The van der Waals surface area contributed by atoms with Crippen molar-refractivity contribution in [1.29, 1.82) is 0 Å². The van der Waals surface area contributed by atoms with Gasteiger partial charge in [0, 0.05) is 25.2 Å². The van der Waals surface area contributed by atoms with Gasteiger partial charge in [-0.05, 0) is 39.5 Å². The lowest BCUT2D eigenvalue weighted by atomic mass is 10.0. The van der Waals surface area contributed by atoms with Gasteiger partial charge in [-0.1, -0.05) is 5.16 Å². The summed E-state index contributed by atoms with van der Waals surface area (Å²) in [5.74, 6) is 0.259. The number of hydrogen-bond acceptors (Lipinski definition) is 6. The van der Waals surface area contributed by atoms with Gasteiger partial charge in [-0.3, -0.25) is 0 Å². The summed E-state index contributed by atoms with van der Waals surface area (Å²) in [4.78, 5) is 19.2. The molecule has 1 saturated carbocycles. The Kier molecular flexibility index (Phi) is 3.72. The third-order valence-electron chi connectivity index (χ3n) is 4.25. The molecule has 2 N–H and O–H groups in total. The van der Waals surface area contributed by atoms with Crippen molar-refractivity contribution in [2.75, 3.05) is 18.0 Å². The maximum absolute atomic E-state index is 11.4.